The van der Waals surface area contributed by atoms with Crippen molar-refractivity contribution in [2.45, 2.75) is 56.0 Å². The minimum Gasteiger partial charge on any atom is -0.299 e. The summed E-state index contributed by atoms with van der Waals surface area (Å²) in [6.45, 7) is 2.81. The lowest BCUT2D eigenvalue weighted by molar-refractivity contribution is -0.117. The molecule has 0 unspecified atom stereocenters. The molecule has 168 valence electrons. The summed E-state index contributed by atoms with van der Waals surface area (Å²) in [5.41, 5.74) is 2.50. The van der Waals surface area contributed by atoms with E-state index >= 15 is 0 Å². The van der Waals surface area contributed by atoms with Crippen LogP contribution in [-0.2, 0) is 21.4 Å². The third kappa shape index (κ3) is 6.16. The van der Waals surface area contributed by atoms with Gasteiger partial charge in [-0.05, 0) is 81.0 Å². The minimum atomic E-state index is -3.52. The zero-order chi connectivity index (χ0) is 22.6. The zero-order valence-electron chi connectivity index (χ0n) is 18.4. The summed E-state index contributed by atoms with van der Waals surface area (Å²) in [4.78, 5) is 13.5. The molecule has 0 spiro atoms. The van der Waals surface area contributed by atoms with E-state index in [0.717, 1.165) is 32.2 Å². The standard InChI is InChI=1S/C24H31ClN2O3S/c1-18(28)16-26(2)17-19-4-6-20(7-5-19)21-8-12-23(13-9-21)27(3)31(29,30)24-14-10-22(25)11-15-24/h4-7,10-11,14-15,21,23H,8-9,12-13,16-17H2,1-3H3/t21-,23-. The molecule has 0 radical (unpaired) electrons. The molecule has 0 N–H and O–H groups in total. The molecule has 0 atom stereocenters. The van der Waals surface area contributed by atoms with Gasteiger partial charge in [-0.15, -0.1) is 0 Å². The molecule has 1 aliphatic carbocycles. The Bertz CT molecular complexity index is 982. The fraction of sp³-hybridized carbons (Fsp3) is 0.458. The molecule has 0 aromatic heterocycles. The molecular weight excluding hydrogens is 432 g/mol. The summed E-state index contributed by atoms with van der Waals surface area (Å²) in [5, 5.41) is 0.527. The van der Waals surface area contributed by atoms with E-state index in [2.05, 4.69) is 24.3 Å². The van der Waals surface area contributed by atoms with Crippen molar-refractivity contribution in [2.24, 2.45) is 0 Å². The number of Topliss-reactive ketones (excluding diaryl/α,β-unsaturated/α-hetero) is 1. The first kappa shape index (κ1) is 23.9. The number of nitrogens with zero attached hydrogens (tertiary/aromatic N) is 2. The van der Waals surface area contributed by atoms with Crippen LogP contribution in [0.2, 0.25) is 5.02 Å². The van der Waals surface area contributed by atoms with Crippen LogP contribution in [0.25, 0.3) is 0 Å². The molecule has 2 aromatic carbocycles. The van der Waals surface area contributed by atoms with Gasteiger partial charge in [-0.2, -0.15) is 4.31 Å². The number of carbonyl (C=O) groups excluding carboxylic acids is 1. The molecule has 0 bridgehead atoms. The van der Waals surface area contributed by atoms with Gasteiger partial charge >= 0.3 is 0 Å². The van der Waals surface area contributed by atoms with E-state index in [1.807, 2.05) is 11.9 Å². The van der Waals surface area contributed by atoms with Gasteiger partial charge in [-0.3, -0.25) is 9.69 Å². The monoisotopic (exact) mass is 462 g/mol. The van der Waals surface area contributed by atoms with Crippen molar-refractivity contribution in [3.8, 4) is 0 Å². The molecule has 2 aromatic rings. The van der Waals surface area contributed by atoms with Gasteiger partial charge in [0.2, 0.25) is 10.0 Å². The zero-order valence-corrected chi connectivity index (χ0v) is 20.0. The normalized spacial score (nSPS) is 19.7. The highest BCUT2D eigenvalue weighted by molar-refractivity contribution is 7.89. The number of rotatable bonds is 8. The largest absolute Gasteiger partial charge is 0.299 e. The van der Waals surface area contributed by atoms with E-state index in [9.17, 15) is 13.2 Å². The third-order valence-corrected chi connectivity index (χ3v) is 8.27. The second-order valence-corrected chi connectivity index (χ2v) is 11.0. The number of sulfonamides is 1. The quantitative estimate of drug-likeness (QED) is 0.570. The van der Waals surface area contributed by atoms with Gasteiger partial charge in [0.15, 0.2) is 0 Å². The number of benzene rings is 2. The van der Waals surface area contributed by atoms with Crippen molar-refractivity contribution >= 4 is 27.4 Å². The molecule has 31 heavy (non-hydrogen) atoms. The smallest absolute Gasteiger partial charge is 0.243 e. The van der Waals surface area contributed by atoms with Crippen LogP contribution in [0.4, 0.5) is 0 Å². The van der Waals surface area contributed by atoms with Crippen LogP contribution in [0, 0.1) is 0 Å². The predicted octanol–water partition coefficient (Wildman–Crippen LogP) is 4.71. The second-order valence-electron chi connectivity index (χ2n) is 8.60. The number of carbonyl (C=O) groups is 1. The van der Waals surface area contributed by atoms with Crippen LogP contribution in [0.5, 0.6) is 0 Å². The first-order valence-corrected chi connectivity index (χ1v) is 12.5. The average molecular weight is 463 g/mol. The summed E-state index contributed by atoms with van der Waals surface area (Å²) in [7, 11) is 0.114. The summed E-state index contributed by atoms with van der Waals surface area (Å²) < 4.78 is 27.4. The summed E-state index contributed by atoms with van der Waals surface area (Å²) in [6, 6.07) is 15.0. The lowest BCUT2D eigenvalue weighted by atomic mass is 9.81. The average Bonchev–Trinajstić information content (AvgIpc) is 2.73. The Morgan fingerprint density at radius 3 is 2.10 bits per heavy atom. The van der Waals surface area contributed by atoms with Gasteiger partial charge in [0.25, 0.3) is 0 Å². The Hall–Kier alpha value is -1.73. The first-order valence-electron chi connectivity index (χ1n) is 10.7. The lowest BCUT2D eigenvalue weighted by Gasteiger charge is -2.34. The molecule has 1 fully saturated rings. The molecule has 7 heteroatoms. The molecule has 0 aliphatic heterocycles. The van der Waals surface area contributed by atoms with Crippen LogP contribution in [0.1, 0.15) is 49.7 Å². The maximum Gasteiger partial charge on any atom is 0.243 e. The maximum absolute atomic E-state index is 12.9. The molecule has 1 saturated carbocycles. The predicted molar refractivity (Wildman–Crippen MR) is 125 cm³/mol. The van der Waals surface area contributed by atoms with Crippen LogP contribution in [-0.4, -0.2) is 50.1 Å². The first-order chi connectivity index (χ1) is 14.7. The van der Waals surface area contributed by atoms with Gasteiger partial charge < -0.3 is 0 Å². The Kier molecular flexibility index (Phi) is 7.92. The van der Waals surface area contributed by atoms with E-state index in [1.165, 1.54) is 15.4 Å². The van der Waals surface area contributed by atoms with Gasteiger partial charge in [0.05, 0.1) is 11.4 Å². The number of halogens is 1. The van der Waals surface area contributed by atoms with Crippen molar-refractivity contribution < 1.29 is 13.2 Å². The number of hydrogen-bond acceptors (Lipinski definition) is 4. The topological polar surface area (TPSA) is 57.7 Å². The summed E-state index contributed by atoms with van der Waals surface area (Å²) in [5.74, 6) is 0.616. The van der Waals surface area contributed by atoms with E-state index in [0.29, 0.717) is 17.5 Å². The number of hydrogen-bond donors (Lipinski definition) is 0. The van der Waals surface area contributed by atoms with E-state index < -0.39 is 10.0 Å². The van der Waals surface area contributed by atoms with E-state index in [4.69, 9.17) is 11.6 Å². The lowest BCUT2D eigenvalue weighted by Crippen LogP contribution is -2.39. The van der Waals surface area contributed by atoms with Gasteiger partial charge in [0, 0.05) is 24.7 Å². The van der Waals surface area contributed by atoms with Crippen molar-refractivity contribution in [1.82, 2.24) is 9.21 Å². The Labute approximate surface area is 191 Å². The van der Waals surface area contributed by atoms with Gasteiger partial charge in [0.1, 0.15) is 5.78 Å². The molecule has 1 aliphatic rings. The summed E-state index contributed by atoms with van der Waals surface area (Å²) >= 11 is 5.89. The molecule has 0 heterocycles. The SMILES string of the molecule is CC(=O)CN(C)Cc1ccc([C@H]2CC[C@H](N(C)S(=O)(=O)c3ccc(Cl)cc3)CC2)cc1. The fourth-order valence-corrected chi connectivity index (χ4v) is 5.93. The van der Waals surface area contributed by atoms with Crippen LogP contribution in [0.3, 0.4) is 0 Å². The Morgan fingerprint density at radius 2 is 1.55 bits per heavy atom. The maximum atomic E-state index is 12.9. The van der Waals surface area contributed by atoms with E-state index in [-0.39, 0.29) is 16.7 Å². The molecule has 3 rings (SSSR count). The van der Waals surface area contributed by atoms with Crippen molar-refractivity contribution in [3.05, 3.63) is 64.7 Å². The van der Waals surface area contributed by atoms with E-state index in [1.54, 1.807) is 38.2 Å². The number of likely N-dealkylation sites (N-methyl/N-ethyl adjacent to an activating group) is 1. The van der Waals surface area contributed by atoms with Crippen molar-refractivity contribution in [2.75, 3.05) is 20.6 Å². The minimum absolute atomic E-state index is 0.0106. The highest BCUT2D eigenvalue weighted by atomic mass is 35.5. The van der Waals surface area contributed by atoms with Gasteiger partial charge in [-0.25, -0.2) is 8.42 Å². The molecule has 0 saturated heterocycles. The highest BCUT2D eigenvalue weighted by Crippen LogP contribution is 2.36. The number of ketones is 1. The van der Waals surface area contributed by atoms with Gasteiger partial charge in [-0.1, -0.05) is 35.9 Å². The van der Waals surface area contributed by atoms with Crippen molar-refractivity contribution in [1.29, 1.82) is 0 Å². The highest BCUT2D eigenvalue weighted by Gasteiger charge is 2.31. The Morgan fingerprint density at radius 1 is 0.968 bits per heavy atom. The summed E-state index contributed by atoms with van der Waals surface area (Å²) in [6.07, 6.45) is 3.62. The molecule has 5 nitrogen and oxygen atoms in total. The molecule has 0 amide bonds. The molecular formula is C24H31ClN2O3S. The third-order valence-electron chi connectivity index (χ3n) is 6.10. The van der Waals surface area contributed by atoms with Crippen LogP contribution in [0.15, 0.2) is 53.4 Å². The fourth-order valence-electron chi connectivity index (χ4n) is 4.38. The van der Waals surface area contributed by atoms with Crippen molar-refractivity contribution in [3.63, 3.8) is 0 Å². The van der Waals surface area contributed by atoms with Crippen LogP contribution >= 0.6 is 11.6 Å². The van der Waals surface area contributed by atoms with Crippen LogP contribution < -0.4 is 0 Å². The second kappa shape index (κ2) is 10.3. The Balaban J connectivity index is 1.57.